The molecular weight excluding hydrogens is 250 g/mol. The second kappa shape index (κ2) is 8.05. The van der Waals surface area contributed by atoms with E-state index in [0.29, 0.717) is 18.4 Å². The van der Waals surface area contributed by atoms with Crippen molar-refractivity contribution in [3.8, 4) is 5.75 Å². The van der Waals surface area contributed by atoms with Crippen molar-refractivity contribution in [1.29, 1.82) is 0 Å². The number of nitrogens with zero attached hydrogens (tertiary/aromatic N) is 1. The summed E-state index contributed by atoms with van der Waals surface area (Å²) in [6, 6.07) is 8.36. The summed E-state index contributed by atoms with van der Waals surface area (Å²) < 4.78 is 5.38. The van der Waals surface area contributed by atoms with Gasteiger partial charge in [0.1, 0.15) is 11.5 Å². The quantitative estimate of drug-likeness (QED) is 0.731. The van der Waals surface area contributed by atoms with Gasteiger partial charge in [-0.05, 0) is 38.4 Å². The zero-order valence-corrected chi connectivity index (χ0v) is 13.3. The molecule has 2 unspecified atom stereocenters. The predicted octanol–water partition coefficient (Wildman–Crippen LogP) is 3.17. The van der Waals surface area contributed by atoms with E-state index in [1.54, 1.807) is 7.11 Å². The molecular formula is C17H27NO2. The Hall–Kier alpha value is -1.35. The van der Waals surface area contributed by atoms with Gasteiger partial charge in [0.15, 0.2) is 0 Å². The van der Waals surface area contributed by atoms with Gasteiger partial charge in [0, 0.05) is 12.0 Å². The number of Topliss-reactive ketones (excluding diaryl/α,β-unsaturated/α-hetero) is 1. The molecule has 0 saturated carbocycles. The molecule has 1 aromatic carbocycles. The van der Waals surface area contributed by atoms with Gasteiger partial charge < -0.3 is 4.74 Å². The van der Waals surface area contributed by atoms with Crippen molar-refractivity contribution in [2.24, 2.45) is 5.92 Å². The molecule has 1 rings (SSSR count). The van der Waals surface area contributed by atoms with Gasteiger partial charge in [-0.1, -0.05) is 32.0 Å². The van der Waals surface area contributed by atoms with Crippen LogP contribution in [-0.4, -0.2) is 37.4 Å². The zero-order chi connectivity index (χ0) is 15.1. The summed E-state index contributed by atoms with van der Waals surface area (Å²) in [7, 11) is 3.71. The molecule has 20 heavy (non-hydrogen) atoms. The van der Waals surface area contributed by atoms with Crippen molar-refractivity contribution in [2.75, 3.05) is 20.7 Å². The molecule has 0 N–H and O–H groups in total. The first kappa shape index (κ1) is 16.7. The third-order valence-electron chi connectivity index (χ3n) is 4.03. The highest BCUT2D eigenvalue weighted by atomic mass is 16.5. The van der Waals surface area contributed by atoms with E-state index >= 15 is 0 Å². The molecule has 0 spiro atoms. The first-order chi connectivity index (χ1) is 9.49. The van der Waals surface area contributed by atoms with Crippen LogP contribution in [0.3, 0.4) is 0 Å². The van der Waals surface area contributed by atoms with Gasteiger partial charge in [0.2, 0.25) is 0 Å². The third-order valence-corrected chi connectivity index (χ3v) is 4.03. The first-order valence-corrected chi connectivity index (χ1v) is 7.34. The Morgan fingerprint density at radius 3 is 2.55 bits per heavy atom. The smallest absolute Gasteiger partial charge is 0.149 e. The van der Waals surface area contributed by atoms with Crippen LogP contribution in [0.2, 0.25) is 0 Å². The number of carbonyl (C=O) groups is 1. The molecule has 3 heteroatoms. The number of ketones is 1. The van der Waals surface area contributed by atoms with Gasteiger partial charge in [-0.3, -0.25) is 9.69 Å². The largest absolute Gasteiger partial charge is 0.496 e. The first-order valence-electron chi connectivity index (χ1n) is 7.34. The topological polar surface area (TPSA) is 29.5 Å². The molecule has 1 aromatic rings. The fourth-order valence-electron chi connectivity index (χ4n) is 2.13. The summed E-state index contributed by atoms with van der Waals surface area (Å²) >= 11 is 0. The Labute approximate surface area is 122 Å². The molecule has 0 aliphatic rings. The molecule has 0 heterocycles. The van der Waals surface area contributed by atoms with Crippen LogP contribution in [-0.2, 0) is 11.2 Å². The number of carbonyl (C=O) groups excluding carboxylic acids is 1. The fourth-order valence-corrected chi connectivity index (χ4v) is 2.13. The number of ether oxygens (including phenoxy) is 1. The Bertz CT molecular complexity index is 431. The molecule has 112 valence electrons. The molecule has 0 fully saturated rings. The second-order valence-corrected chi connectivity index (χ2v) is 5.56. The van der Waals surface area contributed by atoms with Crippen LogP contribution < -0.4 is 4.74 Å². The van der Waals surface area contributed by atoms with Gasteiger partial charge in [-0.2, -0.15) is 0 Å². The second-order valence-electron chi connectivity index (χ2n) is 5.56. The number of benzene rings is 1. The van der Waals surface area contributed by atoms with E-state index in [9.17, 15) is 4.79 Å². The van der Waals surface area contributed by atoms with Crippen LogP contribution in [0.25, 0.3) is 0 Å². The predicted molar refractivity (Wildman–Crippen MR) is 83.3 cm³/mol. The van der Waals surface area contributed by atoms with E-state index in [1.165, 1.54) is 5.56 Å². The van der Waals surface area contributed by atoms with Crippen molar-refractivity contribution in [1.82, 2.24) is 4.90 Å². The van der Waals surface area contributed by atoms with Gasteiger partial charge >= 0.3 is 0 Å². The summed E-state index contributed by atoms with van der Waals surface area (Å²) in [5.41, 5.74) is 1.19. The van der Waals surface area contributed by atoms with E-state index in [4.69, 9.17) is 4.74 Å². The molecule has 0 radical (unpaired) electrons. The number of hydrogen-bond donors (Lipinski definition) is 0. The summed E-state index contributed by atoms with van der Waals surface area (Å²) in [5, 5.41) is 0. The maximum absolute atomic E-state index is 12.0. The number of rotatable bonds is 8. The minimum absolute atomic E-state index is 0.149. The normalized spacial score (nSPS) is 14.1. The lowest BCUT2D eigenvalue weighted by Gasteiger charge is -2.25. The zero-order valence-electron chi connectivity index (χ0n) is 13.3. The molecule has 0 bridgehead atoms. The van der Waals surface area contributed by atoms with Crippen molar-refractivity contribution in [3.05, 3.63) is 29.8 Å². The van der Waals surface area contributed by atoms with Gasteiger partial charge in [-0.25, -0.2) is 0 Å². The van der Waals surface area contributed by atoms with E-state index in [1.807, 2.05) is 32.2 Å². The lowest BCUT2D eigenvalue weighted by Crippen LogP contribution is -2.37. The fraction of sp³-hybridized carbons (Fsp3) is 0.588. The lowest BCUT2D eigenvalue weighted by molar-refractivity contribution is -0.123. The number of para-hydroxylation sites is 1. The highest BCUT2D eigenvalue weighted by molar-refractivity contribution is 5.82. The minimum atomic E-state index is 0.149. The highest BCUT2D eigenvalue weighted by Gasteiger charge is 2.18. The molecule has 0 aliphatic carbocycles. The van der Waals surface area contributed by atoms with Crippen molar-refractivity contribution in [2.45, 2.75) is 39.7 Å². The third kappa shape index (κ3) is 4.64. The van der Waals surface area contributed by atoms with Gasteiger partial charge in [0.05, 0.1) is 13.7 Å². The Morgan fingerprint density at radius 1 is 1.30 bits per heavy atom. The molecule has 3 nitrogen and oxygen atoms in total. The number of hydrogen-bond acceptors (Lipinski definition) is 3. The van der Waals surface area contributed by atoms with Crippen LogP contribution in [0.15, 0.2) is 24.3 Å². The van der Waals surface area contributed by atoms with Crippen LogP contribution in [0.4, 0.5) is 0 Å². The van der Waals surface area contributed by atoms with Crippen molar-refractivity contribution in [3.63, 3.8) is 0 Å². The van der Waals surface area contributed by atoms with E-state index in [2.05, 4.69) is 24.8 Å². The molecule has 0 saturated heterocycles. The average Bonchev–Trinajstić information content (AvgIpc) is 2.46. The number of methoxy groups -OCH3 is 1. The monoisotopic (exact) mass is 277 g/mol. The summed E-state index contributed by atoms with van der Waals surface area (Å²) in [6.07, 6.45) is 1.79. The highest BCUT2D eigenvalue weighted by Crippen LogP contribution is 2.20. The van der Waals surface area contributed by atoms with E-state index in [-0.39, 0.29) is 5.92 Å². The SMILES string of the molecule is CCC(C)C(=O)CN(C)C(C)Cc1ccccc1OC. The molecule has 2 atom stereocenters. The summed E-state index contributed by atoms with van der Waals surface area (Å²) in [5.74, 6) is 1.39. The van der Waals surface area contributed by atoms with Crippen LogP contribution in [0, 0.1) is 5.92 Å². The average molecular weight is 277 g/mol. The van der Waals surface area contributed by atoms with Crippen LogP contribution >= 0.6 is 0 Å². The number of likely N-dealkylation sites (N-methyl/N-ethyl adjacent to an activating group) is 1. The van der Waals surface area contributed by atoms with E-state index in [0.717, 1.165) is 18.6 Å². The standard InChI is InChI=1S/C17H27NO2/c1-6-13(2)16(19)12-18(4)14(3)11-15-9-7-8-10-17(15)20-5/h7-10,13-14H,6,11-12H2,1-5H3. The lowest BCUT2D eigenvalue weighted by atomic mass is 10.0. The van der Waals surface area contributed by atoms with E-state index < -0.39 is 0 Å². The Morgan fingerprint density at radius 2 is 1.95 bits per heavy atom. The van der Waals surface area contributed by atoms with Crippen molar-refractivity contribution >= 4 is 5.78 Å². The van der Waals surface area contributed by atoms with Gasteiger partial charge in [-0.15, -0.1) is 0 Å². The Balaban J connectivity index is 2.61. The minimum Gasteiger partial charge on any atom is -0.496 e. The Kier molecular flexibility index (Phi) is 6.73. The summed E-state index contributed by atoms with van der Waals surface area (Å²) in [6.45, 7) is 6.73. The van der Waals surface area contributed by atoms with Crippen LogP contribution in [0.5, 0.6) is 5.75 Å². The van der Waals surface area contributed by atoms with Gasteiger partial charge in [0.25, 0.3) is 0 Å². The van der Waals surface area contributed by atoms with Crippen LogP contribution in [0.1, 0.15) is 32.8 Å². The van der Waals surface area contributed by atoms with Crippen molar-refractivity contribution < 1.29 is 9.53 Å². The molecule has 0 amide bonds. The summed E-state index contributed by atoms with van der Waals surface area (Å²) in [4.78, 5) is 14.1. The maximum Gasteiger partial charge on any atom is 0.149 e. The maximum atomic E-state index is 12.0. The molecule has 0 aliphatic heterocycles. The molecule has 0 aromatic heterocycles.